The Kier molecular flexibility index (Phi) is 5.94. The van der Waals surface area contributed by atoms with Crippen molar-refractivity contribution in [1.82, 2.24) is 10.2 Å². The van der Waals surface area contributed by atoms with Crippen molar-refractivity contribution in [2.24, 2.45) is 0 Å². The standard InChI is InChI=1S/C18H27ClN2O2/c19-17-4-2-1-3-15(17)13-21-9-5-16(6-10-21)20-14-18(22)7-11-23-12-8-18/h1-4,16,20,22H,5-14H2. The van der Waals surface area contributed by atoms with Crippen LogP contribution in [0.3, 0.4) is 0 Å². The van der Waals surface area contributed by atoms with Crippen LogP contribution in [0, 0.1) is 0 Å². The molecule has 0 atom stereocenters. The lowest BCUT2D eigenvalue weighted by Gasteiger charge is -2.37. The van der Waals surface area contributed by atoms with Gasteiger partial charge < -0.3 is 15.2 Å². The fourth-order valence-corrected chi connectivity index (χ4v) is 3.62. The number of rotatable bonds is 5. The molecule has 0 bridgehead atoms. The highest BCUT2D eigenvalue weighted by Crippen LogP contribution is 2.22. The van der Waals surface area contributed by atoms with Crippen molar-refractivity contribution in [3.05, 3.63) is 34.9 Å². The van der Waals surface area contributed by atoms with Crippen molar-refractivity contribution in [1.29, 1.82) is 0 Å². The van der Waals surface area contributed by atoms with E-state index in [1.165, 1.54) is 5.56 Å². The van der Waals surface area contributed by atoms with Gasteiger partial charge in [-0.1, -0.05) is 29.8 Å². The summed E-state index contributed by atoms with van der Waals surface area (Å²) in [5.74, 6) is 0. The molecule has 0 saturated carbocycles. The third-order valence-corrected chi connectivity index (χ3v) is 5.45. The monoisotopic (exact) mass is 338 g/mol. The van der Waals surface area contributed by atoms with Crippen LogP contribution in [0.15, 0.2) is 24.3 Å². The zero-order chi connectivity index (χ0) is 16.1. The van der Waals surface area contributed by atoms with Crippen LogP contribution < -0.4 is 5.32 Å². The highest BCUT2D eigenvalue weighted by atomic mass is 35.5. The van der Waals surface area contributed by atoms with E-state index < -0.39 is 5.60 Å². The summed E-state index contributed by atoms with van der Waals surface area (Å²) in [6.45, 7) is 5.11. The summed E-state index contributed by atoms with van der Waals surface area (Å²) in [6, 6.07) is 8.59. The predicted molar refractivity (Wildman–Crippen MR) is 92.8 cm³/mol. The summed E-state index contributed by atoms with van der Waals surface area (Å²) in [7, 11) is 0. The first kappa shape index (κ1) is 17.2. The second-order valence-corrected chi connectivity index (χ2v) is 7.27. The zero-order valence-electron chi connectivity index (χ0n) is 13.6. The van der Waals surface area contributed by atoms with Crippen LogP contribution in [0.5, 0.6) is 0 Å². The van der Waals surface area contributed by atoms with E-state index in [-0.39, 0.29) is 0 Å². The largest absolute Gasteiger partial charge is 0.388 e. The van der Waals surface area contributed by atoms with Gasteiger partial charge in [-0.25, -0.2) is 0 Å². The van der Waals surface area contributed by atoms with Gasteiger partial charge in [-0.05, 0) is 37.6 Å². The Hall–Kier alpha value is -0.650. The first-order valence-corrected chi connectivity index (χ1v) is 9.02. The third-order valence-electron chi connectivity index (χ3n) is 5.08. The molecule has 3 rings (SSSR count). The molecule has 2 aliphatic rings. The van der Waals surface area contributed by atoms with E-state index in [4.69, 9.17) is 16.3 Å². The van der Waals surface area contributed by atoms with Gasteiger partial charge in [-0.15, -0.1) is 0 Å². The van der Waals surface area contributed by atoms with Gasteiger partial charge in [0, 0.05) is 50.2 Å². The molecule has 0 radical (unpaired) electrons. The molecule has 2 N–H and O–H groups in total. The second kappa shape index (κ2) is 7.95. The summed E-state index contributed by atoms with van der Waals surface area (Å²) in [6.07, 6.45) is 3.73. The Labute approximate surface area is 143 Å². The van der Waals surface area contributed by atoms with Crippen LogP contribution in [0.2, 0.25) is 5.02 Å². The molecule has 0 amide bonds. The van der Waals surface area contributed by atoms with Crippen molar-refractivity contribution in [2.75, 3.05) is 32.8 Å². The smallest absolute Gasteiger partial charge is 0.0815 e. The van der Waals surface area contributed by atoms with Crippen LogP contribution in [0.1, 0.15) is 31.2 Å². The number of piperidine rings is 1. The lowest BCUT2D eigenvalue weighted by atomic mass is 9.93. The third kappa shape index (κ3) is 4.91. The van der Waals surface area contributed by atoms with E-state index in [1.54, 1.807) is 0 Å². The first-order chi connectivity index (χ1) is 11.1. The van der Waals surface area contributed by atoms with Crippen molar-refractivity contribution >= 4 is 11.6 Å². The van der Waals surface area contributed by atoms with E-state index in [0.717, 1.165) is 50.3 Å². The number of nitrogens with zero attached hydrogens (tertiary/aromatic N) is 1. The Balaban J connectivity index is 1.41. The molecular weight excluding hydrogens is 312 g/mol. The number of ether oxygens (including phenoxy) is 1. The Morgan fingerprint density at radius 1 is 1.22 bits per heavy atom. The number of nitrogens with one attached hydrogen (secondary N) is 1. The minimum Gasteiger partial charge on any atom is -0.388 e. The number of halogens is 1. The average molecular weight is 339 g/mol. The van der Waals surface area contributed by atoms with Gasteiger partial charge in [0.15, 0.2) is 0 Å². The van der Waals surface area contributed by atoms with E-state index in [9.17, 15) is 5.11 Å². The summed E-state index contributed by atoms with van der Waals surface area (Å²) < 4.78 is 5.33. The van der Waals surface area contributed by atoms with Crippen molar-refractivity contribution in [2.45, 2.75) is 43.9 Å². The zero-order valence-corrected chi connectivity index (χ0v) is 14.4. The molecule has 2 heterocycles. The van der Waals surface area contributed by atoms with Gasteiger partial charge in [0.2, 0.25) is 0 Å². The fourth-order valence-electron chi connectivity index (χ4n) is 3.43. The van der Waals surface area contributed by atoms with Crippen molar-refractivity contribution in [3.8, 4) is 0 Å². The minimum absolute atomic E-state index is 0.504. The molecule has 1 aromatic carbocycles. The van der Waals surface area contributed by atoms with Crippen LogP contribution in [0.4, 0.5) is 0 Å². The molecule has 23 heavy (non-hydrogen) atoms. The van der Waals surface area contributed by atoms with Gasteiger partial charge >= 0.3 is 0 Å². The van der Waals surface area contributed by atoms with Crippen LogP contribution in [-0.2, 0) is 11.3 Å². The molecule has 4 nitrogen and oxygen atoms in total. The van der Waals surface area contributed by atoms with Gasteiger partial charge in [0.25, 0.3) is 0 Å². The minimum atomic E-state index is -0.576. The van der Waals surface area contributed by atoms with Crippen LogP contribution in [-0.4, -0.2) is 54.5 Å². The highest BCUT2D eigenvalue weighted by molar-refractivity contribution is 6.31. The molecule has 0 aliphatic carbocycles. The molecule has 1 aromatic rings. The summed E-state index contributed by atoms with van der Waals surface area (Å²) in [5.41, 5.74) is 0.629. The molecule has 2 aliphatic heterocycles. The molecule has 128 valence electrons. The maximum Gasteiger partial charge on any atom is 0.0815 e. The number of hydrogen-bond donors (Lipinski definition) is 2. The van der Waals surface area contributed by atoms with Crippen molar-refractivity contribution in [3.63, 3.8) is 0 Å². The lowest BCUT2D eigenvalue weighted by molar-refractivity contribution is -0.0635. The maximum absolute atomic E-state index is 10.5. The molecular formula is C18H27ClN2O2. The topological polar surface area (TPSA) is 44.7 Å². The summed E-state index contributed by atoms with van der Waals surface area (Å²) >= 11 is 6.25. The van der Waals surface area contributed by atoms with Gasteiger partial charge in [0.05, 0.1) is 5.60 Å². The number of hydrogen-bond acceptors (Lipinski definition) is 4. The normalized spacial score (nSPS) is 23.0. The fraction of sp³-hybridized carbons (Fsp3) is 0.667. The van der Waals surface area contributed by atoms with Gasteiger partial charge in [-0.3, -0.25) is 4.90 Å². The van der Waals surface area contributed by atoms with Crippen LogP contribution >= 0.6 is 11.6 Å². The first-order valence-electron chi connectivity index (χ1n) is 8.64. The molecule has 2 saturated heterocycles. The molecule has 0 aromatic heterocycles. The SMILES string of the molecule is OC1(CNC2CCN(Cc3ccccc3Cl)CC2)CCOCC1. The van der Waals surface area contributed by atoms with Gasteiger partial charge in [-0.2, -0.15) is 0 Å². The Bertz CT molecular complexity index is 498. The number of likely N-dealkylation sites (tertiary alicyclic amines) is 1. The van der Waals surface area contributed by atoms with Gasteiger partial charge in [0.1, 0.15) is 0 Å². The second-order valence-electron chi connectivity index (χ2n) is 6.86. The maximum atomic E-state index is 10.5. The van der Waals surface area contributed by atoms with E-state index in [2.05, 4.69) is 16.3 Å². The summed E-state index contributed by atoms with van der Waals surface area (Å²) in [4.78, 5) is 2.46. The van der Waals surface area contributed by atoms with Crippen LogP contribution in [0.25, 0.3) is 0 Å². The van der Waals surface area contributed by atoms with Crippen molar-refractivity contribution < 1.29 is 9.84 Å². The molecule has 0 spiro atoms. The van der Waals surface area contributed by atoms with E-state index >= 15 is 0 Å². The quantitative estimate of drug-likeness (QED) is 0.865. The molecule has 0 unspecified atom stereocenters. The Morgan fingerprint density at radius 3 is 2.61 bits per heavy atom. The molecule has 5 heteroatoms. The lowest BCUT2D eigenvalue weighted by Crippen LogP contribution is -2.50. The number of benzene rings is 1. The predicted octanol–water partition coefficient (Wildman–Crippen LogP) is 2.44. The Morgan fingerprint density at radius 2 is 1.91 bits per heavy atom. The number of aliphatic hydroxyl groups is 1. The molecule has 2 fully saturated rings. The summed E-state index contributed by atoms with van der Waals surface area (Å²) in [5, 5.41) is 14.9. The average Bonchev–Trinajstić information content (AvgIpc) is 2.57. The highest BCUT2D eigenvalue weighted by Gasteiger charge is 2.30. The van der Waals surface area contributed by atoms with E-state index in [0.29, 0.717) is 25.8 Å². The van der Waals surface area contributed by atoms with E-state index in [1.807, 2.05) is 18.2 Å².